The Balaban J connectivity index is 1.91. The quantitative estimate of drug-likeness (QED) is 0.671. The highest BCUT2D eigenvalue weighted by Crippen LogP contribution is 2.30. The first-order valence-electron chi connectivity index (χ1n) is 11.5. The SMILES string of the molecule is CCCn1cc(C(=O)OCC)c(N(C(=O)NC2CCCCC2)C2CCCCC2)n1. The summed E-state index contributed by atoms with van der Waals surface area (Å²) in [6.07, 6.45) is 13.5. The van der Waals surface area contributed by atoms with Gasteiger partial charge in [0.2, 0.25) is 0 Å². The molecular formula is C22H36N4O3. The van der Waals surface area contributed by atoms with Crippen molar-refractivity contribution in [1.82, 2.24) is 15.1 Å². The molecule has 1 aromatic rings. The smallest absolute Gasteiger partial charge is 0.343 e. The van der Waals surface area contributed by atoms with E-state index in [0.717, 1.165) is 57.8 Å². The van der Waals surface area contributed by atoms with Crippen molar-refractivity contribution in [3.05, 3.63) is 11.8 Å². The van der Waals surface area contributed by atoms with Crippen LogP contribution in [0.15, 0.2) is 6.20 Å². The summed E-state index contributed by atoms with van der Waals surface area (Å²) < 4.78 is 7.05. The van der Waals surface area contributed by atoms with Gasteiger partial charge in [0.15, 0.2) is 5.82 Å². The number of hydrogen-bond donors (Lipinski definition) is 1. The normalized spacial score (nSPS) is 18.4. The van der Waals surface area contributed by atoms with Crippen LogP contribution in [0.1, 0.15) is 94.8 Å². The van der Waals surface area contributed by atoms with Crippen molar-refractivity contribution in [2.45, 2.75) is 103 Å². The number of aromatic nitrogens is 2. The average Bonchev–Trinajstić information content (AvgIpc) is 3.14. The zero-order chi connectivity index (χ0) is 20.6. The Morgan fingerprint density at radius 1 is 1.10 bits per heavy atom. The van der Waals surface area contributed by atoms with E-state index < -0.39 is 5.97 Å². The Kier molecular flexibility index (Phi) is 7.95. The minimum atomic E-state index is -0.406. The van der Waals surface area contributed by atoms with E-state index in [1.165, 1.54) is 12.8 Å². The number of hydrogen-bond acceptors (Lipinski definition) is 4. The summed E-state index contributed by atoms with van der Waals surface area (Å²) in [5.41, 5.74) is 0.393. The van der Waals surface area contributed by atoms with Crippen LogP contribution in [0.25, 0.3) is 0 Å². The highest BCUT2D eigenvalue weighted by atomic mass is 16.5. The number of nitrogens with zero attached hydrogens (tertiary/aromatic N) is 3. The fourth-order valence-electron chi connectivity index (χ4n) is 4.55. The number of ether oxygens (including phenoxy) is 1. The van der Waals surface area contributed by atoms with E-state index in [0.29, 0.717) is 24.5 Å². The van der Waals surface area contributed by atoms with Crippen molar-refractivity contribution in [3.8, 4) is 0 Å². The number of rotatable bonds is 7. The van der Waals surface area contributed by atoms with Crippen LogP contribution in [-0.2, 0) is 11.3 Å². The monoisotopic (exact) mass is 404 g/mol. The van der Waals surface area contributed by atoms with Gasteiger partial charge >= 0.3 is 12.0 Å². The molecule has 0 spiro atoms. The third-order valence-corrected chi connectivity index (χ3v) is 6.01. The van der Waals surface area contributed by atoms with Gasteiger partial charge in [-0.1, -0.05) is 45.4 Å². The first-order valence-corrected chi connectivity index (χ1v) is 11.5. The van der Waals surface area contributed by atoms with Gasteiger partial charge in [-0.15, -0.1) is 0 Å². The standard InChI is InChI=1S/C22H36N4O3/c1-3-15-25-16-19(21(27)29-4-2)20(24-25)26(18-13-9-6-10-14-18)22(28)23-17-11-7-5-8-12-17/h16-18H,3-15H2,1-2H3,(H,23,28). The van der Waals surface area contributed by atoms with Crippen LogP contribution in [0.5, 0.6) is 0 Å². The van der Waals surface area contributed by atoms with Crippen molar-refractivity contribution in [2.75, 3.05) is 11.5 Å². The Hall–Kier alpha value is -2.05. The number of aryl methyl sites for hydroxylation is 1. The van der Waals surface area contributed by atoms with Gasteiger partial charge in [-0.05, 0) is 39.0 Å². The third kappa shape index (κ3) is 5.52. The van der Waals surface area contributed by atoms with Crippen LogP contribution in [0.3, 0.4) is 0 Å². The molecule has 2 amide bonds. The highest BCUT2D eigenvalue weighted by molar-refractivity contribution is 6.01. The van der Waals surface area contributed by atoms with Crippen LogP contribution in [0.4, 0.5) is 10.6 Å². The largest absolute Gasteiger partial charge is 0.462 e. The molecule has 7 heteroatoms. The van der Waals surface area contributed by atoms with E-state index in [1.807, 2.05) is 0 Å². The number of esters is 1. The Morgan fingerprint density at radius 3 is 2.38 bits per heavy atom. The molecule has 0 saturated heterocycles. The van der Waals surface area contributed by atoms with Gasteiger partial charge in [0.25, 0.3) is 0 Å². The van der Waals surface area contributed by atoms with Gasteiger partial charge < -0.3 is 10.1 Å². The van der Waals surface area contributed by atoms with E-state index >= 15 is 0 Å². The van der Waals surface area contributed by atoms with E-state index in [9.17, 15) is 9.59 Å². The van der Waals surface area contributed by atoms with Crippen molar-refractivity contribution in [1.29, 1.82) is 0 Å². The number of amides is 2. The minimum Gasteiger partial charge on any atom is -0.462 e. The molecule has 7 nitrogen and oxygen atoms in total. The Morgan fingerprint density at radius 2 is 1.76 bits per heavy atom. The average molecular weight is 405 g/mol. The van der Waals surface area contributed by atoms with Gasteiger partial charge in [-0.3, -0.25) is 9.58 Å². The van der Waals surface area contributed by atoms with Crippen LogP contribution in [0, 0.1) is 0 Å². The summed E-state index contributed by atoms with van der Waals surface area (Å²) >= 11 is 0. The van der Waals surface area contributed by atoms with Gasteiger partial charge in [-0.25, -0.2) is 9.59 Å². The molecule has 1 N–H and O–H groups in total. The lowest BCUT2D eigenvalue weighted by atomic mass is 9.93. The Labute approximate surface area is 174 Å². The van der Waals surface area contributed by atoms with E-state index in [-0.39, 0.29) is 18.1 Å². The predicted molar refractivity (Wildman–Crippen MR) is 113 cm³/mol. The Bertz CT molecular complexity index is 676. The third-order valence-electron chi connectivity index (χ3n) is 6.01. The second-order valence-corrected chi connectivity index (χ2v) is 8.30. The minimum absolute atomic E-state index is 0.0745. The van der Waals surface area contributed by atoms with Gasteiger partial charge in [0.05, 0.1) is 6.61 Å². The molecule has 3 rings (SSSR count). The summed E-state index contributed by atoms with van der Waals surface area (Å²) in [6.45, 7) is 4.87. The molecule has 0 bridgehead atoms. The summed E-state index contributed by atoms with van der Waals surface area (Å²) in [5, 5.41) is 7.91. The number of carbonyl (C=O) groups is 2. The number of anilines is 1. The maximum atomic E-state index is 13.4. The lowest BCUT2D eigenvalue weighted by Crippen LogP contribution is -2.51. The summed E-state index contributed by atoms with van der Waals surface area (Å²) in [7, 11) is 0. The maximum Gasteiger partial charge on any atom is 0.343 e. The van der Waals surface area contributed by atoms with Crippen molar-refractivity contribution in [2.24, 2.45) is 0 Å². The van der Waals surface area contributed by atoms with Gasteiger partial charge in [0.1, 0.15) is 5.56 Å². The van der Waals surface area contributed by atoms with Crippen molar-refractivity contribution in [3.63, 3.8) is 0 Å². The van der Waals surface area contributed by atoms with E-state index in [4.69, 9.17) is 4.74 Å². The molecule has 1 aromatic heterocycles. The molecule has 2 saturated carbocycles. The van der Waals surface area contributed by atoms with Crippen LogP contribution >= 0.6 is 0 Å². The second-order valence-electron chi connectivity index (χ2n) is 8.30. The van der Waals surface area contributed by atoms with Crippen molar-refractivity contribution < 1.29 is 14.3 Å². The fourth-order valence-corrected chi connectivity index (χ4v) is 4.55. The summed E-state index contributed by atoms with van der Waals surface area (Å²) in [5.74, 6) is 0.0493. The molecule has 2 fully saturated rings. The molecule has 2 aliphatic carbocycles. The zero-order valence-corrected chi connectivity index (χ0v) is 18.0. The second kappa shape index (κ2) is 10.6. The number of nitrogens with one attached hydrogen (secondary N) is 1. The fraction of sp³-hybridized carbons (Fsp3) is 0.773. The van der Waals surface area contributed by atoms with Crippen LogP contribution in [-0.4, -0.2) is 40.5 Å². The molecule has 0 aliphatic heterocycles. The van der Waals surface area contributed by atoms with E-state index in [1.54, 1.807) is 22.7 Å². The zero-order valence-electron chi connectivity index (χ0n) is 18.0. The van der Waals surface area contributed by atoms with Crippen LogP contribution in [0.2, 0.25) is 0 Å². The maximum absolute atomic E-state index is 13.4. The molecule has 1 heterocycles. The van der Waals surface area contributed by atoms with E-state index in [2.05, 4.69) is 17.3 Å². The predicted octanol–water partition coefficient (Wildman–Crippen LogP) is 4.65. The molecular weight excluding hydrogens is 368 g/mol. The summed E-state index contributed by atoms with van der Waals surface area (Å²) in [6, 6.07) is 0.174. The molecule has 0 aromatic carbocycles. The highest BCUT2D eigenvalue weighted by Gasteiger charge is 2.34. The van der Waals surface area contributed by atoms with Crippen molar-refractivity contribution >= 4 is 17.8 Å². The van der Waals surface area contributed by atoms with Crippen LogP contribution < -0.4 is 10.2 Å². The van der Waals surface area contributed by atoms with Gasteiger partial charge in [0, 0.05) is 24.8 Å². The lowest BCUT2D eigenvalue weighted by molar-refractivity contribution is 0.0527. The molecule has 0 unspecified atom stereocenters. The van der Waals surface area contributed by atoms with Gasteiger partial charge in [-0.2, -0.15) is 5.10 Å². The lowest BCUT2D eigenvalue weighted by Gasteiger charge is -2.35. The first kappa shape index (κ1) is 21.7. The molecule has 162 valence electrons. The number of urea groups is 1. The molecule has 2 aliphatic rings. The molecule has 29 heavy (non-hydrogen) atoms. The topological polar surface area (TPSA) is 76.5 Å². The number of carbonyl (C=O) groups excluding carboxylic acids is 2. The molecule has 0 atom stereocenters. The summed E-state index contributed by atoms with van der Waals surface area (Å²) in [4.78, 5) is 27.8. The first-order chi connectivity index (χ1) is 14.1. The molecule has 0 radical (unpaired) electrons.